The Hall–Kier alpha value is -2.01. The smallest absolute Gasteiger partial charge is 0.108 e. The van der Waals surface area contributed by atoms with Crippen LogP contribution < -0.4 is 5.32 Å². The van der Waals surface area contributed by atoms with Gasteiger partial charge in [-0.05, 0) is 25.1 Å². The van der Waals surface area contributed by atoms with Crippen LogP contribution in [0.25, 0.3) is 0 Å². The molecule has 14 heavy (non-hydrogen) atoms. The number of aliphatic imine (C=N–C) groups is 1. The molecule has 0 aliphatic carbocycles. The summed E-state index contributed by atoms with van der Waals surface area (Å²) in [5.74, 6) is 5.71. The van der Waals surface area contributed by atoms with Crippen molar-refractivity contribution in [2.75, 3.05) is 0 Å². The van der Waals surface area contributed by atoms with Crippen LogP contribution in [-0.4, -0.2) is 6.21 Å². The van der Waals surface area contributed by atoms with Gasteiger partial charge in [0.25, 0.3) is 0 Å². The van der Waals surface area contributed by atoms with Crippen molar-refractivity contribution in [2.45, 2.75) is 6.92 Å². The van der Waals surface area contributed by atoms with Crippen molar-refractivity contribution >= 4 is 6.21 Å². The van der Waals surface area contributed by atoms with Crippen molar-refractivity contribution in [3.05, 3.63) is 49.5 Å². The van der Waals surface area contributed by atoms with Crippen LogP contribution in [0.4, 0.5) is 0 Å². The van der Waals surface area contributed by atoms with Crippen LogP contribution in [0.15, 0.2) is 54.5 Å². The molecule has 0 saturated carbocycles. The molecule has 0 fully saturated rings. The Kier molecular flexibility index (Phi) is 7.78. The van der Waals surface area contributed by atoms with Crippen LogP contribution in [-0.2, 0) is 0 Å². The molecule has 1 N–H and O–H groups in total. The Morgan fingerprint density at radius 1 is 1.43 bits per heavy atom. The summed E-state index contributed by atoms with van der Waals surface area (Å²) in [5.41, 5.74) is 0.691. The lowest BCUT2D eigenvalue weighted by Crippen LogP contribution is -2.00. The predicted octanol–water partition coefficient (Wildman–Crippen LogP) is 2.40. The molecule has 0 aromatic rings. The molecule has 72 valence electrons. The largest absolute Gasteiger partial charge is 0.354 e. The van der Waals surface area contributed by atoms with Gasteiger partial charge >= 0.3 is 0 Å². The number of hydrogen-bond acceptors (Lipinski definition) is 2. The van der Waals surface area contributed by atoms with E-state index in [0.29, 0.717) is 5.70 Å². The van der Waals surface area contributed by atoms with Crippen LogP contribution in [0.2, 0.25) is 0 Å². The molecule has 0 aromatic carbocycles. The molecule has 0 rings (SSSR count). The van der Waals surface area contributed by atoms with Crippen molar-refractivity contribution in [1.82, 2.24) is 5.32 Å². The van der Waals surface area contributed by atoms with E-state index < -0.39 is 0 Å². The fraction of sp³-hybridized carbons (Fsp3) is 0.0833. The molecule has 2 nitrogen and oxygen atoms in total. The van der Waals surface area contributed by atoms with Gasteiger partial charge in [0.15, 0.2) is 0 Å². The first-order chi connectivity index (χ1) is 6.85. The van der Waals surface area contributed by atoms with E-state index >= 15 is 0 Å². The second-order valence-electron chi connectivity index (χ2n) is 2.19. The van der Waals surface area contributed by atoms with Crippen LogP contribution in [0.5, 0.6) is 0 Å². The van der Waals surface area contributed by atoms with Gasteiger partial charge in [0.1, 0.15) is 5.70 Å². The van der Waals surface area contributed by atoms with Crippen LogP contribution >= 0.6 is 0 Å². The van der Waals surface area contributed by atoms with Crippen LogP contribution in [0.1, 0.15) is 6.92 Å². The number of nitrogens with one attached hydrogen (secondary N) is 1. The minimum Gasteiger partial charge on any atom is -0.354 e. The van der Waals surface area contributed by atoms with Gasteiger partial charge in [-0.2, -0.15) is 0 Å². The molecule has 0 bridgehead atoms. The monoisotopic (exact) mass is 186 g/mol. The summed E-state index contributed by atoms with van der Waals surface area (Å²) >= 11 is 0. The molecule has 0 radical (unpaired) electrons. The molecule has 2 heteroatoms. The van der Waals surface area contributed by atoms with E-state index in [1.54, 1.807) is 30.8 Å². The minimum atomic E-state index is 0.691. The quantitative estimate of drug-likeness (QED) is 0.529. The van der Waals surface area contributed by atoms with Gasteiger partial charge in [0.2, 0.25) is 0 Å². The third kappa shape index (κ3) is 6.68. The second kappa shape index (κ2) is 9.08. The first-order valence-electron chi connectivity index (χ1n) is 4.19. The molecular formula is C12H14N2. The highest BCUT2D eigenvalue weighted by molar-refractivity contribution is 5.70. The van der Waals surface area contributed by atoms with Crippen molar-refractivity contribution < 1.29 is 0 Å². The number of hydrogen-bond donors (Lipinski definition) is 1. The van der Waals surface area contributed by atoms with E-state index in [1.807, 2.05) is 13.0 Å². The molecule has 0 amide bonds. The maximum Gasteiger partial charge on any atom is 0.108 e. The highest BCUT2D eigenvalue weighted by Gasteiger charge is 1.83. The summed E-state index contributed by atoms with van der Waals surface area (Å²) in [6.07, 6.45) is 9.98. The van der Waals surface area contributed by atoms with Gasteiger partial charge in [-0.1, -0.05) is 31.2 Å². The zero-order valence-corrected chi connectivity index (χ0v) is 8.33. The lowest BCUT2D eigenvalue weighted by molar-refractivity contribution is 1.12. The van der Waals surface area contributed by atoms with E-state index in [0.717, 1.165) is 0 Å². The molecule has 0 saturated heterocycles. The van der Waals surface area contributed by atoms with E-state index in [1.165, 1.54) is 0 Å². The maximum absolute atomic E-state index is 3.95. The summed E-state index contributed by atoms with van der Waals surface area (Å²) < 4.78 is 0. The zero-order valence-electron chi connectivity index (χ0n) is 8.33. The second-order valence-corrected chi connectivity index (χ2v) is 2.19. The zero-order chi connectivity index (χ0) is 10.6. The fourth-order valence-corrected chi connectivity index (χ4v) is 0.597. The minimum absolute atomic E-state index is 0.691. The van der Waals surface area contributed by atoms with Crippen LogP contribution in [0, 0.1) is 11.8 Å². The number of allylic oxidation sites excluding steroid dienone is 4. The highest BCUT2D eigenvalue weighted by atomic mass is 14.9. The Morgan fingerprint density at radius 3 is 2.79 bits per heavy atom. The SMILES string of the molecule is C=C/C=N/C=C(/C#C/C=C/C)NC=C. The standard InChI is InChI=1S/C12H14N2/c1-4-7-8-9-12(14-6-3)11-13-10-5-2/h4-7,10-11,14H,2-3H2,1H3/b7-4+,12-11-,13-10+. The molecule has 0 aliphatic heterocycles. The van der Waals surface area contributed by atoms with E-state index in [2.05, 4.69) is 35.3 Å². The summed E-state index contributed by atoms with van der Waals surface area (Å²) in [6.45, 7) is 8.97. The fourth-order valence-electron chi connectivity index (χ4n) is 0.597. The molecule has 0 atom stereocenters. The molecule has 0 heterocycles. The maximum atomic E-state index is 3.95. The lowest BCUT2D eigenvalue weighted by atomic mass is 10.4. The number of rotatable bonds is 4. The third-order valence-electron chi connectivity index (χ3n) is 1.11. The molecule has 0 unspecified atom stereocenters. The van der Waals surface area contributed by atoms with E-state index in [4.69, 9.17) is 0 Å². The summed E-state index contributed by atoms with van der Waals surface area (Å²) in [6, 6.07) is 0. The topological polar surface area (TPSA) is 24.4 Å². The van der Waals surface area contributed by atoms with E-state index in [9.17, 15) is 0 Å². The Bertz CT molecular complexity index is 322. The summed E-state index contributed by atoms with van der Waals surface area (Å²) in [7, 11) is 0. The van der Waals surface area contributed by atoms with Gasteiger partial charge in [-0.15, -0.1) is 0 Å². The van der Waals surface area contributed by atoms with Crippen molar-refractivity contribution in [2.24, 2.45) is 4.99 Å². The highest BCUT2D eigenvalue weighted by Crippen LogP contribution is 1.87. The molecule has 0 spiro atoms. The predicted molar refractivity (Wildman–Crippen MR) is 62.7 cm³/mol. The molecule has 0 aromatic heterocycles. The van der Waals surface area contributed by atoms with Gasteiger partial charge in [-0.3, -0.25) is 4.99 Å². The third-order valence-corrected chi connectivity index (χ3v) is 1.11. The van der Waals surface area contributed by atoms with Gasteiger partial charge < -0.3 is 5.32 Å². The van der Waals surface area contributed by atoms with E-state index in [-0.39, 0.29) is 0 Å². The van der Waals surface area contributed by atoms with Crippen LogP contribution in [0.3, 0.4) is 0 Å². The van der Waals surface area contributed by atoms with Crippen molar-refractivity contribution in [3.8, 4) is 11.8 Å². The van der Waals surface area contributed by atoms with Gasteiger partial charge in [0.05, 0.1) is 6.20 Å². The first-order valence-corrected chi connectivity index (χ1v) is 4.19. The van der Waals surface area contributed by atoms with Crippen molar-refractivity contribution in [3.63, 3.8) is 0 Å². The van der Waals surface area contributed by atoms with Gasteiger partial charge in [0, 0.05) is 6.21 Å². The summed E-state index contributed by atoms with van der Waals surface area (Å²) in [4.78, 5) is 3.95. The molecular weight excluding hydrogens is 172 g/mol. The normalized spacial score (nSPS) is 11.1. The van der Waals surface area contributed by atoms with Gasteiger partial charge in [-0.25, -0.2) is 0 Å². The molecule has 0 aliphatic rings. The lowest BCUT2D eigenvalue weighted by Gasteiger charge is -1.94. The average Bonchev–Trinajstić information content (AvgIpc) is 2.18. The Morgan fingerprint density at radius 2 is 2.21 bits per heavy atom. The summed E-state index contributed by atoms with van der Waals surface area (Å²) in [5, 5.41) is 2.87. The average molecular weight is 186 g/mol. The Balaban J connectivity index is 4.51. The first kappa shape index (κ1) is 12.0. The Labute approximate surface area is 85.4 Å². The van der Waals surface area contributed by atoms with Crippen molar-refractivity contribution in [1.29, 1.82) is 0 Å². The number of nitrogens with zero attached hydrogens (tertiary/aromatic N) is 1.